The molecule has 176 valence electrons. The predicted octanol–water partition coefficient (Wildman–Crippen LogP) is -0.422. The number of aromatic nitrogens is 6. The number of nitrogens with zero attached hydrogens (tertiary/aromatic N) is 6. The molecule has 34 heavy (non-hydrogen) atoms. The van der Waals surface area contributed by atoms with E-state index < -0.39 is 28.4 Å². The molecule has 0 spiro atoms. The number of fused-ring (bicyclic) bond motifs is 1. The average Bonchev–Trinajstić information content (AvgIpc) is 3.11. The zero-order valence-corrected chi connectivity index (χ0v) is 19.1. The van der Waals surface area contributed by atoms with Crippen molar-refractivity contribution in [3.8, 4) is 11.6 Å². The Balaban J connectivity index is 1.76. The van der Waals surface area contributed by atoms with E-state index in [1.807, 2.05) is 13.8 Å². The van der Waals surface area contributed by atoms with Crippen molar-refractivity contribution in [2.24, 2.45) is 26.2 Å². The normalized spacial score (nSPS) is 11.6. The van der Waals surface area contributed by atoms with Crippen LogP contribution in [0.2, 0.25) is 0 Å². The third-order valence-electron chi connectivity index (χ3n) is 5.70. The van der Waals surface area contributed by atoms with Gasteiger partial charge in [-0.2, -0.15) is 10.1 Å². The lowest BCUT2D eigenvalue weighted by atomic mass is 10.1. The molecular weight excluding hydrogens is 444 g/mol. The Kier molecular flexibility index (Phi) is 5.31. The van der Waals surface area contributed by atoms with Gasteiger partial charge in [-0.05, 0) is 37.1 Å². The highest BCUT2D eigenvalue weighted by atomic mass is 16.3. The fourth-order valence-electron chi connectivity index (χ4n) is 3.53. The van der Waals surface area contributed by atoms with Crippen LogP contribution in [0, 0.1) is 13.8 Å². The first-order chi connectivity index (χ1) is 16.0. The Hall–Kier alpha value is -4.68. The van der Waals surface area contributed by atoms with E-state index >= 15 is 0 Å². The smallest absolute Gasteiger partial charge is 0.335 e. The van der Waals surface area contributed by atoms with E-state index in [4.69, 9.17) is 0 Å². The van der Waals surface area contributed by atoms with E-state index in [1.54, 1.807) is 25.2 Å². The number of hydrazone groups is 1. The molecule has 0 aliphatic rings. The summed E-state index contributed by atoms with van der Waals surface area (Å²) >= 11 is 0. The van der Waals surface area contributed by atoms with Crippen LogP contribution < -0.4 is 27.9 Å². The van der Waals surface area contributed by atoms with Gasteiger partial charge >= 0.3 is 11.4 Å². The molecule has 13 heteroatoms. The summed E-state index contributed by atoms with van der Waals surface area (Å²) in [4.78, 5) is 55.7. The van der Waals surface area contributed by atoms with Crippen molar-refractivity contribution in [1.29, 1.82) is 0 Å². The van der Waals surface area contributed by atoms with Gasteiger partial charge < -0.3 is 9.67 Å². The lowest BCUT2D eigenvalue weighted by molar-refractivity contribution is 0.430. The number of H-pyrrole nitrogens is 1. The summed E-state index contributed by atoms with van der Waals surface area (Å²) < 4.78 is 4.56. The Morgan fingerprint density at radius 3 is 2.41 bits per heavy atom. The van der Waals surface area contributed by atoms with Crippen LogP contribution in [0.15, 0.2) is 42.5 Å². The van der Waals surface area contributed by atoms with E-state index in [2.05, 4.69) is 20.5 Å². The number of hydrogen-bond acceptors (Lipinski definition) is 8. The van der Waals surface area contributed by atoms with Crippen LogP contribution in [-0.2, 0) is 21.1 Å². The molecule has 0 aliphatic heterocycles. The van der Waals surface area contributed by atoms with Crippen LogP contribution in [0.25, 0.3) is 16.9 Å². The summed E-state index contributed by atoms with van der Waals surface area (Å²) in [6.45, 7) is 3.77. The minimum atomic E-state index is -0.839. The highest BCUT2D eigenvalue weighted by molar-refractivity contribution is 5.83. The number of aromatic hydroxyl groups is 1. The number of hydrogen-bond donors (Lipinski definition) is 3. The minimum Gasteiger partial charge on any atom is -0.493 e. The van der Waals surface area contributed by atoms with Crippen molar-refractivity contribution >= 4 is 23.3 Å². The lowest BCUT2D eigenvalue weighted by Crippen LogP contribution is -2.37. The molecular formula is C21H22N8O5. The first kappa shape index (κ1) is 22.5. The number of imidazole rings is 1. The summed E-state index contributed by atoms with van der Waals surface area (Å²) in [5, 5.41) is 14.6. The van der Waals surface area contributed by atoms with Crippen LogP contribution in [0.4, 0.5) is 5.95 Å². The molecule has 0 radical (unpaired) electrons. The lowest BCUT2D eigenvalue weighted by Gasteiger charge is -2.11. The van der Waals surface area contributed by atoms with E-state index in [0.717, 1.165) is 26.5 Å². The first-order valence-corrected chi connectivity index (χ1v) is 10.1. The zero-order valence-electron chi connectivity index (χ0n) is 19.1. The quantitative estimate of drug-likeness (QED) is 0.272. The van der Waals surface area contributed by atoms with Gasteiger partial charge in [-0.15, -0.1) is 0 Å². The standard InChI is InChI=1S/C21H22N8O5/c1-10-6-7-12(8-11(10)2)29-17(31)13(16(30)24-20(29)33)9-22-25-19-23-15-14(26(19)3)18(32)28(5)21(34)27(15)4/h6-9,31H,1-5H3,(H,23,25)(H,24,30,33)/b22-9-. The molecule has 3 heterocycles. The molecule has 13 nitrogen and oxygen atoms in total. The van der Waals surface area contributed by atoms with Crippen molar-refractivity contribution in [1.82, 2.24) is 28.2 Å². The Morgan fingerprint density at radius 1 is 1.03 bits per heavy atom. The van der Waals surface area contributed by atoms with E-state index in [1.165, 1.54) is 23.2 Å². The van der Waals surface area contributed by atoms with Gasteiger partial charge in [0.15, 0.2) is 11.2 Å². The molecule has 0 saturated heterocycles. The number of aromatic amines is 1. The molecule has 0 saturated carbocycles. The van der Waals surface area contributed by atoms with Crippen LogP contribution >= 0.6 is 0 Å². The van der Waals surface area contributed by atoms with Crippen molar-refractivity contribution in [3.63, 3.8) is 0 Å². The SMILES string of the molecule is Cc1ccc(-n2c(O)c(/C=N\Nc3nc4c(c(=O)n(C)c(=O)n4C)n3C)c(=O)[nH]c2=O)cc1C. The van der Waals surface area contributed by atoms with E-state index in [-0.39, 0.29) is 22.7 Å². The van der Waals surface area contributed by atoms with Crippen LogP contribution in [0.3, 0.4) is 0 Å². The molecule has 0 aliphatic carbocycles. The maximum absolute atomic E-state index is 12.5. The van der Waals surface area contributed by atoms with Gasteiger partial charge in [0.2, 0.25) is 11.8 Å². The maximum atomic E-state index is 12.5. The third-order valence-corrected chi connectivity index (χ3v) is 5.70. The summed E-state index contributed by atoms with van der Waals surface area (Å²) in [6.07, 6.45) is 1.03. The highest BCUT2D eigenvalue weighted by Crippen LogP contribution is 2.18. The minimum absolute atomic E-state index is 0.114. The van der Waals surface area contributed by atoms with Crippen LogP contribution in [0.5, 0.6) is 5.88 Å². The molecule has 0 fully saturated rings. The summed E-state index contributed by atoms with van der Waals surface area (Å²) in [7, 11) is 4.41. The summed E-state index contributed by atoms with van der Waals surface area (Å²) in [6, 6.07) is 5.14. The van der Waals surface area contributed by atoms with E-state index in [0.29, 0.717) is 5.69 Å². The van der Waals surface area contributed by atoms with Crippen molar-refractivity contribution < 1.29 is 5.11 Å². The molecule has 3 N–H and O–H groups in total. The molecule has 1 aromatic carbocycles. The van der Waals surface area contributed by atoms with Crippen molar-refractivity contribution in [2.45, 2.75) is 13.8 Å². The first-order valence-electron chi connectivity index (χ1n) is 10.1. The van der Waals surface area contributed by atoms with Crippen molar-refractivity contribution in [2.75, 3.05) is 5.43 Å². The fraction of sp³-hybridized carbons (Fsp3) is 0.238. The monoisotopic (exact) mass is 466 g/mol. The molecule has 0 bridgehead atoms. The highest BCUT2D eigenvalue weighted by Gasteiger charge is 2.17. The molecule has 4 rings (SSSR count). The largest absolute Gasteiger partial charge is 0.493 e. The number of nitrogens with one attached hydrogen (secondary N) is 2. The van der Waals surface area contributed by atoms with Gasteiger partial charge in [0.1, 0.15) is 5.56 Å². The van der Waals surface area contributed by atoms with Gasteiger partial charge in [-0.25, -0.2) is 19.6 Å². The van der Waals surface area contributed by atoms with Gasteiger partial charge in [0.25, 0.3) is 11.1 Å². The van der Waals surface area contributed by atoms with Crippen LogP contribution in [0.1, 0.15) is 16.7 Å². The number of anilines is 1. The molecule has 0 atom stereocenters. The van der Waals surface area contributed by atoms with Gasteiger partial charge in [-0.1, -0.05) is 6.07 Å². The second-order valence-corrected chi connectivity index (χ2v) is 7.84. The maximum Gasteiger partial charge on any atom is 0.335 e. The third kappa shape index (κ3) is 3.43. The molecule has 0 unspecified atom stereocenters. The Labute approximate surface area is 190 Å². The number of rotatable bonds is 4. The molecule has 3 aromatic heterocycles. The van der Waals surface area contributed by atoms with E-state index in [9.17, 15) is 24.3 Å². The Morgan fingerprint density at radius 2 is 1.74 bits per heavy atom. The number of benzene rings is 1. The summed E-state index contributed by atoms with van der Waals surface area (Å²) in [5.41, 5.74) is 2.22. The molecule has 4 aromatic rings. The zero-order chi connectivity index (χ0) is 24.9. The van der Waals surface area contributed by atoms with Gasteiger partial charge in [0.05, 0.1) is 11.9 Å². The fourth-order valence-corrected chi connectivity index (χ4v) is 3.53. The average molecular weight is 466 g/mol. The summed E-state index contributed by atoms with van der Waals surface area (Å²) in [5.74, 6) is -0.480. The topological polar surface area (TPSA) is 161 Å². The van der Waals surface area contributed by atoms with Crippen LogP contribution in [-0.4, -0.2) is 39.6 Å². The Bertz CT molecular complexity index is 1730. The number of aryl methyl sites for hydroxylation is 4. The predicted molar refractivity (Wildman–Crippen MR) is 126 cm³/mol. The second-order valence-electron chi connectivity index (χ2n) is 7.84. The molecule has 0 amide bonds. The van der Waals surface area contributed by atoms with Gasteiger partial charge in [-0.3, -0.25) is 23.7 Å². The second kappa shape index (κ2) is 8.03. The van der Waals surface area contributed by atoms with Crippen molar-refractivity contribution in [3.05, 3.63) is 76.6 Å². The van der Waals surface area contributed by atoms with Gasteiger partial charge in [0, 0.05) is 21.1 Å².